The standard InChI is InChI=1S/C10H8N2/c1-8-5-9(3-2-4-11)7-10(12)6-8/h5-7H,12H2,1H3. The quantitative estimate of drug-likeness (QED) is 0.456. The fraction of sp³-hybridized carbons (Fsp3) is 0.100. The Balaban J connectivity index is 3.11. The molecule has 0 aliphatic heterocycles. The van der Waals surface area contributed by atoms with Crippen molar-refractivity contribution < 1.29 is 0 Å². The Labute approximate surface area is 71.6 Å². The molecule has 0 aliphatic carbocycles. The highest BCUT2D eigenvalue weighted by atomic mass is 14.5. The molecule has 0 unspecified atom stereocenters. The number of aryl methyl sites for hydroxylation is 1. The van der Waals surface area contributed by atoms with Crippen molar-refractivity contribution in [2.24, 2.45) is 0 Å². The van der Waals surface area contributed by atoms with Gasteiger partial charge in [-0.2, -0.15) is 5.26 Å². The molecule has 2 heteroatoms. The Morgan fingerprint density at radius 1 is 1.33 bits per heavy atom. The van der Waals surface area contributed by atoms with Gasteiger partial charge in [0.25, 0.3) is 0 Å². The van der Waals surface area contributed by atoms with Gasteiger partial charge in [-0.1, -0.05) is 5.92 Å². The third kappa shape index (κ3) is 2.04. The highest BCUT2D eigenvalue weighted by Crippen LogP contribution is 2.09. The van der Waals surface area contributed by atoms with Crippen LogP contribution < -0.4 is 5.73 Å². The number of hydrogen-bond donors (Lipinski definition) is 1. The minimum absolute atomic E-state index is 0.678. The predicted octanol–water partition coefficient (Wildman–Crippen LogP) is 1.45. The highest BCUT2D eigenvalue weighted by Gasteiger charge is 1.91. The molecule has 0 heterocycles. The molecule has 2 nitrogen and oxygen atoms in total. The molecule has 0 aliphatic rings. The van der Waals surface area contributed by atoms with Gasteiger partial charge in [0.05, 0.1) is 0 Å². The molecular weight excluding hydrogens is 148 g/mol. The van der Waals surface area contributed by atoms with Gasteiger partial charge >= 0.3 is 0 Å². The van der Waals surface area contributed by atoms with Crippen molar-refractivity contribution in [3.05, 3.63) is 29.3 Å². The lowest BCUT2D eigenvalue weighted by Gasteiger charge is -1.96. The first kappa shape index (κ1) is 8.17. The first-order valence-electron chi connectivity index (χ1n) is 3.49. The monoisotopic (exact) mass is 156 g/mol. The summed E-state index contributed by atoms with van der Waals surface area (Å²) in [7, 11) is 0. The summed E-state index contributed by atoms with van der Waals surface area (Å²) in [6, 6.07) is 7.25. The number of rotatable bonds is 0. The van der Waals surface area contributed by atoms with Crippen LogP contribution in [0.5, 0.6) is 0 Å². The summed E-state index contributed by atoms with van der Waals surface area (Å²) in [6.07, 6.45) is 0. The molecule has 0 aromatic heterocycles. The summed E-state index contributed by atoms with van der Waals surface area (Å²) in [6.45, 7) is 1.94. The van der Waals surface area contributed by atoms with E-state index in [0.29, 0.717) is 5.69 Å². The summed E-state index contributed by atoms with van der Waals surface area (Å²) < 4.78 is 0. The van der Waals surface area contributed by atoms with Crippen molar-refractivity contribution in [2.45, 2.75) is 6.92 Å². The third-order valence-corrected chi connectivity index (χ3v) is 1.36. The van der Waals surface area contributed by atoms with E-state index in [1.54, 1.807) is 12.1 Å². The second kappa shape index (κ2) is 3.46. The van der Waals surface area contributed by atoms with Gasteiger partial charge in [-0.05, 0) is 30.7 Å². The van der Waals surface area contributed by atoms with Gasteiger partial charge in [-0.15, -0.1) is 0 Å². The molecule has 58 valence electrons. The Bertz CT molecular complexity index is 368. The number of anilines is 1. The van der Waals surface area contributed by atoms with E-state index in [4.69, 9.17) is 11.0 Å². The number of benzene rings is 1. The van der Waals surface area contributed by atoms with Crippen molar-refractivity contribution in [3.8, 4) is 17.9 Å². The summed E-state index contributed by atoms with van der Waals surface area (Å²) in [5.41, 5.74) is 8.10. The van der Waals surface area contributed by atoms with Crippen molar-refractivity contribution in [1.29, 1.82) is 5.26 Å². The molecule has 0 amide bonds. The van der Waals surface area contributed by atoms with Crippen molar-refractivity contribution in [3.63, 3.8) is 0 Å². The molecule has 0 spiro atoms. The molecular formula is C10H8N2. The summed E-state index contributed by atoms with van der Waals surface area (Å²) in [5.74, 6) is 5.00. The molecule has 0 saturated carbocycles. The predicted molar refractivity (Wildman–Crippen MR) is 48.1 cm³/mol. The van der Waals surface area contributed by atoms with Gasteiger partial charge in [0.2, 0.25) is 0 Å². The topological polar surface area (TPSA) is 49.8 Å². The van der Waals surface area contributed by atoms with Crippen LogP contribution in [0, 0.1) is 30.1 Å². The summed E-state index contributed by atoms with van der Waals surface area (Å²) >= 11 is 0. The molecule has 1 aromatic carbocycles. The van der Waals surface area contributed by atoms with Crippen LogP contribution in [0.4, 0.5) is 5.69 Å². The Hall–Kier alpha value is -1.93. The van der Waals surface area contributed by atoms with Gasteiger partial charge in [0.1, 0.15) is 0 Å². The van der Waals surface area contributed by atoms with Crippen molar-refractivity contribution in [2.75, 3.05) is 5.73 Å². The maximum Gasteiger partial charge on any atom is 0.152 e. The summed E-state index contributed by atoms with van der Waals surface area (Å²) in [5, 5.41) is 8.21. The van der Waals surface area contributed by atoms with E-state index in [1.807, 2.05) is 19.1 Å². The average molecular weight is 156 g/mol. The number of nitrogen functional groups attached to an aromatic ring is 1. The lowest BCUT2D eigenvalue weighted by molar-refractivity contribution is 1.45. The molecule has 0 atom stereocenters. The maximum absolute atomic E-state index is 8.21. The molecule has 0 radical (unpaired) electrons. The van der Waals surface area contributed by atoms with Crippen LogP contribution in [0.1, 0.15) is 11.1 Å². The maximum atomic E-state index is 8.21. The van der Waals surface area contributed by atoms with Gasteiger partial charge in [-0.3, -0.25) is 0 Å². The Morgan fingerprint density at radius 2 is 2.08 bits per heavy atom. The smallest absolute Gasteiger partial charge is 0.152 e. The molecule has 1 rings (SSSR count). The van der Waals surface area contributed by atoms with Crippen LogP contribution in [0.25, 0.3) is 0 Å². The van der Waals surface area contributed by atoms with E-state index in [9.17, 15) is 0 Å². The highest BCUT2D eigenvalue weighted by molar-refractivity contribution is 5.50. The second-order valence-electron chi connectivity index (χ2n) is 2.49. The van der Waals surface area contributed by atoms with Gasteiger partial charge < -0.3 is 5.73 Å². The van der Waals surface area contributed by atoms with Gasteiger partial charge in [-0.25, -0.2) is 0 Å². The van der Waals surface area contributed by atoms with E-state index in [-0.39, 0.29) is 0 Å². The zero-order valence-corrected chi connectivity index (χ0v) is 6.76. The molecule has 0 saturated heterocycles. The lowest BCUT2D eigenvalue weighted by Crippen LogP contribution is -1.87. The Morgan fingerprint density at radius 3 is 2.67 bits per heavy atom. The average Bonchev–Trinajstić information content (AvgIpc) is 1.99. The molecule has 2 N–H and O–H groups in total. The summed E-state index contributed by atoms with van der Waals surface area (Å²) in [4.78, 5) is 0. The van der Waals surface area contributed by atoms with E-state index in [0.717, 1.165) is 11.1 Å². The van der Waals surface area contributed by atoms with Crippen molar-refractivity contribution >= 4 is 5.69 Å². The number of nitrogens with zero attached hydrogens (tertiary/aromatic N) is 1. The van der Waals surface area contributed by atoms with E-state index < -0.39 is 0 Å². The van der Waals surface area contributed by atoms with Crippen LogP contribution in [0.15, 0.2) is 18.2 Å². The van der Waals surface area contributed by atoms with Gasteiger partial charge in [0.15, 0.2) is 6.07 Å². The van der Waals surface area contributed by atoms with Crippen LogP contribution in [0.2, 0.25) is 0 Å². The first-order chi connectivity index (χ1) is 5.72. The minimum atomic E-state index is 0.678. The number of nitrogens with two attached hydrogens (primary N) is 1. The zero-order valence-electron chi connectivity index (χ0n) is 6.76. The SMILES string of the molecule is Cc1cc(N)cc(C#CC#N)c1. The lowest BCUT2D eigenvalue weighted by atomic mass is 10.1. The van der Waals surface area contributed by atoms with Crippen LogP contribution in [-0.2, 0) is 0 Å². The zero-order chi connectivity index (χ0) is 8.97. The van der Waals surface area contributed by atoms with E-state index in [1.165, 1.54) is 0 Å². The van der Waals surface area contributed by atoms with Crippen molar-refractivity contribution in [1.82, 2.24) is 0 Å². The Kier molecular flexibility index (Phi) is 2.35. The van der Waals surface area contributed by atoms with Crippen LogP contribution in [0.3, 0.4) is 0 Å². The van der Waals surface area contributed by atoms with E-state index >= 15 is 0 Å². The van der Waals surface area contributed by atoms with Crippen LogP contribution in [-0.4, -0.2) is 0 Å². The number of hydrogen-bond acceptors (Lipinski definition) is 2. The second-order valence-corrected chi connectivity index (χ2v) is 2.49. The molecule has 0 bridgehead atoms. The minimum Gasteiger partial charge on any atom is -0.399 e. The van der Waals surface area contributed by atoms with E-state index in [2.05, 4.69) is 11.8 Å². The number of nitriles is 1. The third-order valence-electron chi connectivity index (χ3n) is 1.36. The largest absolute Gasteiger partial charge is 0.399 e. The first-order valence-corrected chi connectivity index (χ1v) is 3.49. The molecule has 12 heavy (non-hydrogen) atoms. The van der Waals surface area contributed by atoms with Gasteiger partial charge in [0, 0.05) is 17.2 Å². The molecule has 0 fully saturated rings. The fourth-order valence-electron chi connectivity index (χ4n) is 0.985. The fourth-order valence-corrected chi connectivity index (χ4v) is 0.985. The normalized spacial score (nSPS) is 8.00. The van der Waals surface area contributed by atoms with Crippen LogP contribution >= 0.6 is 0 Å². The molecule has 1 aromatic rings.